The topological polar surface area (TPSA) is 62.6 Å². The van der Waals surface area contributed by atoms with Crippen molar-refractivity contribution < 1.29 is 12.8 Å². The Labute approximate surface area is 121 Å². The highest BCUT2D eigenvalue weighted by Gasteiger charge is 2.40. The van der Waals surface area contributed by atoms with Crippen LogP contribution in [0.15, 0.2) is 9.31 Å². The molecule has 1 fully saturated rings. The Morgan fingerprint density at radius 1 is 1.25 bits per heavy atom. The molecule has 0 spiro atoms. The monoisotopic (exact) mass is 300 g/mol. The first-order valence-electron chi connectivity index (χ1n) is 7.24. The van der Waals surface area contributed by atoms with E-state index in [4.69, 9.17) is 4.42 Å². The van der Waals surface area contributed by atoms with Crippen molar-refractivity contribution in [1.29, 1.82) is 0 Å². The van der Waals surface area contributed by atoms with Crippen LogP contribution in [0.3, 0.4) is 0 Å². The minimum absolute atomic E-state index is 0.173. The molecule has 1 aliphatic rings. The van der Waals surface area contributed by atoms with Gasteiger partial charge in [0.25, 0.3) is 0 Å². The summed E-state index contributed by atoms with van der Waals surface area (Å²) in [5.41, 5.74) is 0.767. The maximum absolute atomic E-state index is 12.9. The van der Waals surface area contributed by atoms with Crippen LogP contribution in [0.1, 0.15) is 43.8 Å². The van der Waals surface area contributed by atoms with Crippen LogP contribution in [-0.4, -0.2) is 31.9 Å². The molecule has 0 bridgehead atoms. The smallest absolute Gasteiger partial charge is 0.247 e. The van der Waals surface area contributed by atoms with Crippen LogP contribution in [0, 0.1) is 13.8 Å². The third kappa shape index (κ3) is 2.77. The molecule has 0 radical (unpaired) electrons. The number of sulfonamides is 1. The van der Waals surface area contributed by atoms with Crippen LogP contribution in [0.4, 0.5) is 0 Å². The Morgan fingerprint density at radius 3 is 2.40 bits per heavy atom. The van der Waals surface area contributed by atoms with E-state index in [0.29, 0.717) is 29.5 Å². The molecule has 5 nitrogen and oxygen atoms in total. The molecule has 1 aromatic heterocycles. The van der Waals surface area contributed by atoms with Gasteiger partial charge in [-0.1, -0.05) is 13.8 Å². The maximum atomic E-state index is 12.9. The third-order valence-corrected chi connectivity index (χ3v) is 5.93. The van der Waals surface area contributed by atoms with Gasteiger partial charge < -0.3 is 9.73 Å². The average Bonchev–Trinajstić information content (AvgIpc) is 3.13. The van der Waals surface area contributed by atoms with Crippen molar-refractivity contribution in [2.45, 2.75) is 58.0 Å². The van der Waals surface area contributed by atoms with E-state index >= 15 is 0 Å². The molecule has 114 valence electrons. The van der Waals surface area contributed by atoms with Gasteiger partial charge in [-0.15, -0.1) is 0 Å². The van der Waals surface area contributed by atoms with Gasteiger partial charge in [0.2, 0.25) is 10.0 Å². The van der Waals surface area contributed by atoms with Crippen molar-refractivity contribution in [3.8, 4) is 0 Å². The van der Waals surface area contributed by atoms with Crippen molar-refractivity contribution in [2.24, 2.45) is 0 Å². The Hall–Kier alpha value is -0.850. The molecule has 6 heteroatoms. The number of hydrogen-bond acceptors (Lipinski definition) is 4. The number of nitrogens with zero attached hydrogens (tertiary/aromatic N) is 1. The molecule has 0 aromatic carbocycles. The van der Waals surface area contributed by atoms with Gasteiger partial charge in [0.1, 0.15) is 16.4 Å². The van der Waals surface area contributed by atoms with Gasteiger partial charge in [0, 0.05) is 24.7 Å². The summed E-state index contributed by atoms with van der Waals surface area (Å²) in [6.07, 6.45) is 1.93. The van der Waals surface area contributed by atoms with Crippen LogP contribution in [0.2, 0.25) is 0 Å². The summed E-state index contributed by atoms with van der Waals surface area (Å²) in [5, 5.41) is 3.19. The van der Waals surface area contributed by atoms with Crippen LogP contribution in [0.5, 0.6) is 0 Å². The zero-order valence-corrected chi connectivity index (χ0v) is 13.5. The molecular weight excluding hydrogens is 276 g/mol. The van der Waals surface area contributed by atoms with Gasteiger partial charge in [-0.25, -0.2) is 8.42 Å². The van der Waals surface area contributed by atoms with Crippen molar-refractivity contribution in [2.75, 3.05) is 13.1 Å². The van der Waals surface area contributed by atoms with Gasteiger partial charge in [0.15, 0.2) is 0 Å². The minimum atomic E-state index is -3.46. The summed E-state index contributed by atoms with van der Waals surface area (Å²) in [6.45, 7) is 9.28. The molecule has 2 rings (SSSR count). The van der Waals surface area contributed by atoms with Gasteiger partial charge in [0.05, 0.1) is 0 Å². The van der Waals surface area contributed by atoms with Gasteiger partial charge in [-0.3, -0.25) is 0 Å². The number of furan rings is 1. The molecule has 0 atom stereocenters. The lowest BCUT2D eigenvalue weighted by atomic mass is 10.2. The molecule has 20 heavy (non-hydrogen) atoms. The average molecular weight is 300 g/mol. The summed E-state index contributed by atoms with van der Waals surface area (Å²) in [6, 6.07) is 0.173. The third-order valence-electron chi connectivity index (χ3n) is 3.71. The van der Waals surface area contributed by atoms with Crippen LogP contribution in [0.25, 0.3) is 0 Å². The number of aryl methyl sites for hydroxylation is 2. The molecule has 1 N–H and O–H groups in total. The lowest BCUT2D eigenvalue weighted by Crippen LogP contribution is -2.34. The van der Waals surface area contributed by atoms with E-state index in [2.05, 4.69) is 5.32 Å². The molecule has 0 unspecified atom stereocenters. The number of hydrogen-bond donors (Lipinski definition) is 1. The zero-order chi connectivity index (χ0) is 14.9. The Balaban J connectivity index is 2.44. The standard InChI is InChI=1S/C14H24N2O3S/c1-5-15-9-13-10(3)19-11(4)14(13)20(17,18)16(6-2)12-7-8-12/h12,15H,5-9H2,1-4H3. The maximum Gasteiger partial charge on any atom is 0.247 e. The van der Waals surface area contributed by atoms with Crippen LogP contribution in [-0.2, 0) is 16.6 Å². The molecular formula is C14H24N2O3S. The predicted octanol–water partition coefficient (Wildman–Crippen LogP) is 2.18. The molecule has 0 amide bonds. The normalized spacial score (nSPS) is 16.1. The lowest BCUT2D eigenvalue weighted by Gasteiger charge is -2.20. The minimum Gasteiger partial charge on any atom is -0.465 e. The first kappa shape index (κ1) is 15.5. The van der Waals surface area contributed by atoms with E-state index < -0.39 is 10.0 Å². The Morgan fingerprint density at radius 2 is 1.90 bits per heavy atom. The quantitative estimate of drug-likeness (QED) is 0.838. The van der Waals surface area contributed by atoms with E-state index in [-0.39, 0.29) is 6.04 Å². The fourth-order valence-electron chi connectivity index (χ4n) is 2.61. The Bertz CT molecular complexity index is 573. The van der Waals surface area contributed by atoms with Crippen LogP contribution < -0.4 is 5.32 Å². The van der Waals surface area contributed by atoms with E-state index in [1.54, 1.807) is 11.2 Å². The largest absolute Gasteiger partial charge is 0.465 e. The van der Waals surface area contributed by atoms with E-state index in [0.717, 1.165) is 24.9 Å². The Kier molecular flexibility index (Phi) is 4.56. The summed E-state index contributed by atoms with van der Waals surface area (Å²) in [4.78, 5) is 0.365. The van der Waals surface area contributed by atoms with E-state index in [9.17, 15) is 8.42 Å². The summed E-state index contributed by atoms with van der Waals surface area (Å²) >= 11 is 0. The van der Waals surface area contributed by atoms with E-state index in [1.807, 2.05) is 20.8 Å². The SMILES string of the molecule is CCNCc1c(C)oc(C)c1S(=O)(=O)N(CC)C1CC1. The fourth-order valence-corrected chi connectivity index (χ4v) is 4.72. The summed E-state index contributed by atoms with van der Waals surface area (Å²) < 4.78 is 33.0. The zero-order valence-electron chi connectivity index (χ0n) is 12.7. The highest BCUT2D eigenvalue weighted by Crippen LogP contribution is 2.35. The highest BCUT2D eigenvalue weighted by atomic mass is 32.2. The predicted molar refractivity (Wildman–Crippen MR) is 78.2 cm³/mol. The molecule has 1 saturated carbocycles. The second-order valence-electron chi connectivity index (χ2n) is 5.24. The highest BCUT2D eigenvalue weighted by molar-refractivity contribution is 7.89. The van der Waals surface area contributed by atoms with Crippen LogP contribution >= 0.6 is 0 Å². The molecule has 0 aliphatic heterocycles. The van der Waals surface area contributed by atoms with Crippen molar-refractivity contribution >= 4 is 10.0 Å². The summed E-state index contributed by atoms with van der Waals surface area (Å²) in [5.74, 6) is 1.18. The van der Waals surface area contributed by atoms with Gasteiger partial charge in [-0.2, -0.15) is 4.31 Å². The second-order valence-corrected chi connectivity index (χ2v) is 7.07. The lowest BCUT2D eigenvalue weighted by molar-refractivity contribution is 0.418. The molecule has 1 aliphatic carbocycles. The second kappa shape index (κ2) is 5.87. The van der Waals surface area contributed by atoms with Gasteiger partial charge in [-0.05, 0) is 33.2 Å². The van der Waals surface area contributed by atoms with E-state index in [1.165, 1.54) is 0 Å². The first-order chi connectivity index (χ1) is 9.43. The summed E-state index contributed by atoms with van der Waals surface area (Å²) in [7, 11) is -3.46. The number of rotatable bonds is 7. The fraction of sp³-hybridized carbons (Fsp3) is 0.714. The molecule has 1 heterocycles. The van der Waals surface area contributed by atoms with Crippen molar-refractivity contribution in [3.05, 3.63) is 17.1 Å². The van der Waals surface area contributed by atoms with Gasteiger partial charge >= 0.3 is 0 Å². The first-order valence-corrected chi connectivity index (χ1v) is 8.68. The molecule has 1 aromatic rings. The number of nitrogens with one attached hydrogen (secondary N) is 1. The molecule has 0 saturated heterocycles. The van der Waals surface area contributed by atoms with Crippen molar-refractivity contribution in [1.82, 2.24) is 9.62 Å². The van der Waals surface area contributed by atoms with Crippen molar-refractivity contribution in [3.63, 3.8) is 0 Å².